The van der Waals surface area contributed by atoms with Crippen LogP contribution in [0.25, 0.3) is 0 Å². The lowest BCUT2D eigenvalue weighted by molar-refractivity contribution is -0.137. The Bertz CT molecular complexity index is 741. The van der Waals surface area contributed by atoms with E-state index in [0.29, 0.717) is 5.78 Å². The van der Waals surface area contributed by atoms with Gasteiger partial charge in [0, 0.05) is 62.2 Å². The topological polar surface area (TPSA) is 52.6 Å². The molecule has 2 bridgehead atoms. The van der Waals surface area contributed by atoms with Gasteiger partial charge >= 0.3 is 0 Å². The number of benzene rings is 1. The normalized spacial score (nSPS) is 28.3. The van der Waals surface area contributed by atoms with Gasteiger partial charge in [0.2, 0.25) is 5.91 Å². The van der Waals surface area contributed by atoms with Gasteiger partial charge in [-0.1, -0.05) is 18.6 Å². The van der Waals surface area contributed by atoms with E-state index in [9.17, 15) is 9.59 Å². The Balaban J connectivity index is 1.18. The van der Waals surface area contributed by atoms with Crippen LogP contribution in [0.1, 0.15) is 51.0 Å². The Hall–Kier alpha value is -1.88. The summed E-state index contributed by atoms with van der Waals surface area (Å²) in [5.74, 6) is 0.944. The maximum atomic E-state index is 12.8. The van der Waals surface area contributed by atoms with Crippen molar-refractivity contribution in [1.29, 1.82) is 0 Å². The van der Waals surface area contributed by atoms with Crippen molar-refractivity contribution in [3.63, 3.8) is 0 Å². The number of fused-ring (bicyclic) bond motifs is 2. The van der Waals surface area contributed by atoms with Gasteiger partial charge < -0.3 is 10.2 Å². The van der Waals surface area contributed by atoms with E-state index in [0.717, 1.165) is 71.2 Å². The predicted molar refractivity (Wildman–Crippen MR) is 121 cm³/mol. The number of piperazine rings is 1. The number of carbonyl (C=O) groups is 2. The highest BCUT2D eigenvalue weighted by atomic mass is 16.2. The molecule has 3 atom stereocenters. The first kappa shape index (κ1) is 21.4. The quantitative estimate of drug-likeness (QED) is 0.779. The van der Waals surface area contributed by atoms with Gasteiger partial charge in [-0.3, -0.25) is 14.5 Å². The largest absolute Gasteiger partial charge is 0.369 e. The molecule has 0 radical (unpaired) electrons. The van der Waals surface area contributed by atoms with Crippen LogP contribution < -0.4 is 10.2 Å². The first-order valence-electron chi connectivity index (χ1n) is 11.9. The van der Waals surface area contributed by atoms with Crippen molar-refractivity contribution in [2.45, 2.75) is 58.4 Å². The Morgan fingerprint density at radius 2 is 1.83 bits per heavy atom. The van der Waals surface area contributed by atoms with E-state index in [1.54, 1.807) is 0 Å². The predicted octanol–water partition coefficient (Wildman–Crippen LogP) is 3.41. The SMILES string of the molecule is Cc1cccc(N2CCN(CCC(C)NC(=O)C3CC4CCCC(C3)C4=O)CC2)c1. The third kappa shape index (κ3) is 5.05. The molecule has 1 saturated heterocycles. The molecule has 0 spiro atoms. The first-order valence-corrected chi connectivity index (χ1v) is 11.9. The average Bonchev–Trinajstić information content (AvgIpc) is 2.72. The molecule has 5 heteroatoms. The van der Waals surface area contributed by atoms with Gasteiger partial charge in [0.1, 0.15) is 5.78 Å². The molecule has 2 saturated carbocycles. The van der Waals surface area contributed by atoms with Crippen LogP contribution in [0, 0.1) is 24.7 Å². The lowest BCUT2D eigenvalue weighted by Crippen LogP contribution is -2.48. The van der Waals surface area contributed by atoms with Crippen molar-refractivity contribution >= 4 is 17.4 Å². The molecule has 4 rings (SSSR count). The second kappa shape index (κ2) is 9.51. The van der Waals surface area contributed by atoms with Crippen LogP contribution in [-0.2, 0) is 9.59 Å². The van der Waals surface area contributed by atoms with Gasteiger partial charge in [0.25, 0.3) is 0 Å². The van der Waals surface area contributed by atoms with E-state index < -0.39 is 0 Å². The highest BCUT2D eigenvalue weighted by Crippen LogP contribution is 2.40. The van der Waals surface area contributed by atoms with Gasteiger partial charge in [0.05, 0.1) is 0 Å². The lowest BCUT2D eigenvalue weighted by atomic mass is 9.67. The van der Waals surface area contributed by atoms with Crippen LogP contribution in [0.4, 0.5) is 5.69 Å². The number of ketones is 1. The molecule has 1 amide bonds. The van der Waals surface area contributed by atoms with Gasteiger partial charge in [-0.25, -0.2) is 0 Å². The maximum Gasteiger partial charge on any atom is 0.223 e. The average molecular weight is 412 g/mol. The highest BCUT2D eigenvalue weighted by Gasteiger charge is 2.41. The summed E-state index contributed by atoms with van der Waals surface area (Å²) in [7, 11) is 0. The molecule has 3 fully saturated rings. The van der Waals surface area contributed by atoms with Crippen LogP contribution in [-0.4, -0.2) is 55.4 Å². The molecule has 1 heterocycles. The summed E-state index contributed by atoms with van der Waals surface area (Å²) in [5.41, 5.74) is 2.64. The number of nitrogens with one attached hydrogen (secondary N) is 1. The lowest BCUT2D eigenvalue weighted by Gasteiger charge is -2.38. The van der Waals surface area contributed by atoms with Gasteiger partial charge in [0.15, 0.2) is 0 Å². The zero-order valence-electron chi connectivity index (χ0n) is 18.6. The third-order valence-corrected chi connectivity index (χ3v) is 7.42. The van der Waals surface area contributed by atoms with Crippen LogP contribution in [0.5, 0.6) is 0 Å². The molecule has 1 aliphatic heterocycles. The van der Waals surface area contributed by atoms with Crippen molar-refractivity contribution in [3.8, 4) is 0 Å². The molecule has 3 unspecified atom stereocenters. The van der Waals surface area contributed by atoms with Crippen LogP contribution in [0.3, 0.4) is 0 Å². The third-order valence-electron chi connectivity index (χ3n) is 7.42. The maximum absolute atomic E-state index is 12.8. The monoisotopic (exact) mass is 411 g/mol. The molecule has 2 aliphatic carbocycles. The van der Waals surface area contributed by atoms with Gasteiger partial charge in [-0.15, -0.1) is 0 Å². The Kier molecular flexibility index (Phi) is 6.77. The molecule has 1 aromatic rings. The summed E-state index contributed by atoms with van der Waals surface area (Å²) in [6, 6.07) is 8.93. The van der Waals surface area contributed by atoms with E-state index in [-0.39, 0.29) is 29.7 Å². The smallest absolute Gasteiger partial charge is 0.223 e. The minimum absolute atomic E-state index is 0.0401. The number of hydrogen-bond donors (Lipinski definition) is 1. The van der Waals surface area contributed by atoms with E-state index >= 15 is 0 Å². The molecule has 5 nitrogen and oxygen atoms in total. The zero-order chi connectivity index (χ0) is 21.1. The molecule has 0 aromatic heterocycles. The summed E-state index contributed by atoms with van der Waals surface area (Å²) < 4.78 is 0. The van der Waals surface area contributed by atoms with Crippen molar-refractivity contribution in [2.24, 2.45) is 17.8 Å². The number of anilines is 1. The van der Waals surface area contributed by atoms with E-state index in [1.165, 1.54) is 11.3 Å². The fraction of sp³-hybridized carbons (Fsp3) is 0.680. The number of nitrogens with zero attached hydrogens (tertiary/aromatic N) is 2. The fourth-order valence-electron chi connectivity index (χ4n) is 5.56. The highest BCUT2D eigenvalue weighted by molar-refractivity contribution is 5.88. The van der Waals surface area contributed by atoms with E-state index in [2.05, 4.69) is 53.2 Å². The summed E-state index contributed by atoms with van der Waals surface area (Å²) in [6.07, 6.45) is 5.66. The minimum Gasteiger partial charge on any atom is -0.369 e. The van der Waals surface area contributed by atoms with Gasteiger partial charge in [-0.2, -0.15) is 0 Å². The number of rotatable bonds is 6. The molecular formula is C25H37N3O2. The number of Topliss-reactive ketones (excluding diaryl/α,β-unsaturated/α-hetero) is 1. The van der Waals surface area contributed by atoms with Crippen LogP contribution in [0.2, 0.25) is 0 Å². The summed E-state index contributed by atoms with van der Waals surface area (Å²) in [5, 5.41) is 3.25. The zero-order valence-corrected chi connectivity index (χ0v) is 18.6. The summed E-state index contributed by atoms with van der Waals surface area (Å²) >= 11 is 0. The number of hydrogen-bond acceptors (Lipinski definition) is 4. The van der Waals surface area contributed by atoms with Crippen molar-refractivity contribution in [3.05, 3.63) is 29.8 Å². The van der Waals surface area contributed by atoms with Gasteiger partial charge in [-0.05, 0) is 63.6 Å². The molecule has 164 valence electrons. The number of aryl methyl sites for hydroxylation is 1. The minimum atomic E-state index is 0.0401. The number of amides is 1. The van der Waals surface area contributed by atoms with Crippen molar-refractivity contribution < 1.29 is 9.59 Å². The Labute approximate surface area is 181 Å². The fourth-order valence-corrected chi connectivity index (χ4v) is 5.56. The summed E-state index contributed by atoms with van der Waals surface area (Å²) in [6.45, 7) is 9.55. The van der Waals surface area contributed by atoms with E-state index in [1.807, 2.05) is 0 Å². The molecule has 30 heavy (non-hydrogen) atoms. The van der Waals surface area contributed by atoms with Crippen LogP contribution >= 0.6 is 0 Å². The van der Waals surface area contributed by atoms with Crippen molar-refractivity contribution in [2.75, 3.05) is 37.6 Å². The standard InChI is InChI=1S/C25H37N3O2/c1-18-5-3-8-23(15-18)28-13-11-27(12-14-28)10-9-19(2)26-25(30)22-16-20-6-4-7-21(17-22)24(20)29/h3,5,8,15,19-22H,4,6-7,9-14,16-17H2,1-2H3,(H,26,30). The van der Waals surface area contributed by atoms with E-state index in [4.69, 9.17) is 0 Å². The first-order chi connectivity index (χ1) is 14.5. The van der Waals surface area contributed by atoms with Crippen molar-refractivity contribution in [1.82, 2.24) is 10.2 Å². The second-order valence-corrected chi connectivity index (χ2v) is 9.76. The Morgan fingerprint density at radius 1 is 1.13 bits per heavy atom. The Morgan fingerprint density at radius 3 is 2.50 bits per heavy atom. The molecule has 1 N–H and O–H groups in total. The second-order valence-electron chi connectivity index (χ2n) is 9.76. The number of carbonyl (C=O) groups excluding carboxylic acids is 2. The summed E-state index contributed by atoms with van der Waals surface area (Å²) in [4.78, 5) is 30.0. The molecule has 1 aromatic carbocycles. The van der Waals surface area contributed by atoms with Crippen LogP contribution in [0.15, 0.2) is 24.3 Å². The molecular weight excluding hydrogens is 374 g/mol. The molecule has 3 aliphatic rings.